The van der Waals surface area contributed by atoms with Gasteiger partial charge in [0.25, 0.3) is 0 Å². The largest absolute Gasteiger partial charge is 0.486 e. The van der Waals surface area contributed by atoms with Gasteiger partial charge in [-0.25, -0.2) is 0 Å². The number of ether oxygens (including phenoxy) is 1. The molecule has 1 N–H and O–H groups in total. The molecule has 0 spiro atoms. The Morgan fingerprint density at radius 2 is 2.27 bits per heavy atom. The van der Waals surface area contributed by atoms with Crippen LogP contribution in [0.4, 0.5) is 0 Å². The van der Waals surface area contributed by atoms with Crippen molar-refractivity contribution >= 4 is 0 Å². The molecule has 1 atom stereocenters. The number of hydrogen-bond acceptors (Lipinski definition) is 3. The van der Waals surface area contributed by atoms with E-state index >= 15 is 0 Å². The molecule has 0 amide bonds. The van der Waals surface area contributed by atoms with Gasteiger partial charge in [0.2, 0.25) is 0 Å². The highest BCUT2D eigenvalue weighted by Gasteiger charge is 2.15. The Labute approximate surface area is 91.6 Å². The van der Waals surface area contributed by atoms with Crippen molar-refractivity contribution in [2.24, 2.45) is 13.0 Å². The second kappa shape index (κ2) is 5.75. The molecule has 0 saturated carbocycles. The van der Waals surface area contributed by atoms with Crippen molar-refractivity contribution in [2.75, 3.05) is 13.1 Å². The van der Waals surface area contributed by atoms with Crippen LogP contribution in [0, 0.1) is 5.92 Å². The van der Waals surface area contributed by atoms with Crippen LogP contribution in [0.2, 0.25) is 0 Å². The summed E-state index contributed by atoms with van der Waals surface area (Å²) in [5.74, 6) is 1.33. The minimum Gasteiger partial charge on any atom is -0.486 e. The van der Waals surface area contributed by atoms with Gasteiger partial charge >= 0.3 is 0 Å². The van der Waals surface area contributed by atoms with Gasteiger partial charge < -0.3 is 10.1 Å². The molecule has 4 nitrogen and oxygen atoms in total. The van der Waals surface area contributed by atoms with E-state index in [4.69, 9.17) is 4.74 Å². The standard InChI is InChI=1S/C11H21N3O/c1-5-12-7-11(9(2)3)15-10-6-13-14(4)8-10/h6,8-9,11-12H,5,7H2,1-4H3. The Kier molecular flexibility index (Phi) is 4.62. The van der Waals surface area contributed by atoms with Crippen molar-refractivity contribution in [3.8, 4) is 5.75 Å². The fraction of sp³-hybridized carbons (Fsp3) is 0.727. The van der Waals surface area contributed by atoms with Gasteiger partial charge in [-0.15, -0.1) is 0 Å². The molecule has 0 aromatic carbocycles. The molecule has 0 aliphatic heterocycles. The molecular formula is C11H21N3O. The monoisotopic (exact) mass is 211 g/mol. The molecule has 0 saturated heterocycles. The summed E-state index contributed by atoms with van der Waals surface area (Å²) in [6, 6.07) is 0. The minimum absolute atomic E-state index is 0.203. The summed E-state index contributed by atoms with van der Waals surface area (Å²) in [6.07, 6.45) is 3.84. The summed E-state index contributed by atoms with van der Waals surface area (Å²) in [4.78, 5) is 0. The van der Waals surface area contributed by atoms with E-state index in [2.05, 4.69) is 31.2 Å². The van der Waals surface area contributed by atoms with Crippen LogP contribution < -0.4 is 10.1 Å². The normalized spacial score (nSPS) is 13.1. The van der Waals surface area contributed by atoms with Gasteiger partial charge in [-0.3, -0.25) is 4.68 Å². The van der Waals surface area contributed by atoms with Gasteiger partial charge in [0, 0.05) is 13.6 Å². The molecule has 1 aromatic rings. The van der Waals surface area contributed by atoms with Crippen LogP contribution in [0.3, 0.4) is 0 Å². The highest BCUT2D eigenvalue weighted by atomic mass is 16.5. The number of hydrogen-bond donors (Lipinski definition) is 1. The van der Waals surface area contributed by atoms with Crippen molar-refractivity contribution in [3.63, 3.8) is 0 Å². The number of rotatable bonds is 6. The molecule has 86 valence electrons. The lowest BCUT2D eigenvalue weighted by atomic mass is 10.1. The molecule has 0 aliphatic rings. The second-order valence-corrected chi connectivity index (χ2v) is 4.06. The van der Waals surface area contributed by atoms with Crippen LogP contribution >= 0.6 is 0 Å². The predicted octanol–water partition coefficient (Wildman–Crippen LogP) is 1.43. The van der Waals surface area contributed by atoms with Crippen LogP contribution in [0.5, 0.6) is 5.75 Å². The number of aromatic nitrogens is 2. The summed E-state index contributed by atoms with van der Waals surface area (Å²) in [5, 5.41) is 7.39. The number of nitrogens with zero attached hydrogens (tertiary/aromatic N) is 2. The van der Waals surface area contributed by atoms with Crippen molar-refractivity contribution < 1.29 is 4.74 Å². The maximum atomic E-state index is 5.85. The first-order chi connectivity index (χ1) is 7.13. The van der Waals surface area contributed by atoms with Gasteiger partial charge in [-0.05, 0) is 12.5 Å². The molecule has 0 aliphatic carbocycles. The Morgan fingerprint density at radius 3 is 2.73 bits per heavy atom. The van der Waals surface area contributed by atoms with Crippen LogP contribution in [-0.4, -0.2) is 29.0 Å². The van der Waals surface area contributed by atoms with E-state index in [9.17, 15) is 0 Å². The van der Waals surface area contributed by atoms with Gasteiger partial charge in [-0.1, -0.05) is 20.8 Å². The fourth-order valence-electron chi connectivity index (χ4n) is 1.33. The molecule has 1 heterocycles. The van der Waals surface area contributed by atoms with Crippen molar-refractivity contribution in [3.05, 3.63) is 12.4 Å². The topological polar surface area (TPSA) is 39.1 Å². The third-order valence-electron chi connectivity index (χ3n) is 2.31. The Balaban J connectivity index is 2.50. The molecule has 0 bridgehead atoms. The summed E-state index contributed by atoms with van der Waals surface area (Å²) in [7, 11) is 1.89. The zero-order valence-electron chi connectivity index (χ0n) is 10.0. The molecule has 1 rings (SSSR count). The maximum Gasteiger partial charge on any atom is 0.157 e. The fourth-order valence-corrected chi connectivity index (χ4v) is 1.33. The van der Waals surface area contributed by atoms with Crippen molar-refractivity contribution in [1.82, 2.24) is 15.1 Å². The second-order valence-electron chi connectivity index (χ2n) is 4.06. The molecular weight excluding hydrogens is 190 g/mol. The zero-order chi connectivity index (χ0) is 11.3. The van der Waals surface area contributed by atoms with Crippen LogP contribution in [0.1, 0.15) is 20.8 Å². The summed E-state index contributed by atoms with van der Waals surface area (Å²) in [5.41, 5.74) is 0. The van der Waals surface area contributed by atoms with E-state index in [-0.39, 0.29) is 6.10 Å². The number of aryl methyl sites for hydroxylation is 1. The molecule has 0 fully saturated rings. The Hall–Kier alpha value is -1.03. The zero-order valence-corrected chi connectivity index (χ0v) is 10.0. The van der Waals surface area contributed by atoms with Crippen molar-refractivity contribution in [1.29, 1.82) is 0 Å². The van der Waals surface area contributed by atoms with Crippen LogP contribution in [0.25, 0.3) is 0 Å². The van der Waals surface area contributed by atoms with Crippen LogP contribution in [0.15, 0.2) is 12.4 Å². The van der Waals surface area contributed by atoms with E-state index in [0.29, 0.717) is 5.92 Å². The van der Waals surface area contributed by atoms with E-state index in [1.807, 2.05) is 13.2 Å². The lowest BCUT2D eigenvalue weighted by Gasteiger charge is -2.21. The van der Waals surface area contributed by atoms with Gasteiger partial charge in [0.15, 0.2) is 5.75 Å². The minimum atomic E-state index is 0.203. The van der Waals surface area contributed by atoms with Gasteiger partial charge in [0.1, 0.15) is 6.10 Å². The average molecular weight is 211 g/mol. The first-order valence-corrected chi connectivity index (χ1v) is 5.49. The quantitative estimate of drug-likeness (QED) is 0.773. The van der Waals surface area contributed by atoms with Gasteiger partial charge in [-0.2, -0.15) is 5.10 Å². The highest BCUT2D eigenvalue weighted by Crippen LogP contribution is 2.14. The lowest BCUT2D eigenvalue weighted by Crippen LogP contribution is -2.35. The first-order valence-electron chi connectivity index (χ1n) is 5.49. The summed E-state index contributed by atoms with van der Waals surface area (Å²) < 4.78 is 7.60. The van der Waals surface area contributed by atoms with E-state index in [1.165, 1.54) is 0 Å². The lowest BCUT2D eigenvalue weighted by molar-refractivity contribution is 0.149. The molecule has 1 unspecified atom stereocenters. The Bertz CT molecular complexity index is 283. The molecule has 4 heteroatoms. The maximum absolute atomic E-state index is 5.85. The first kappa shape index (κ1) is 12.0. The molecule has 0 radical (unpaired) electrons. The SMILES string of the molecule is CCNCC(Oc1cnn(C)c1)C(C)C. The molecule has 15 heavy (non-hydrogen) atoms. The average Bonchev–Trinajstić information content (AvgIpc) is 2.58. The summed E-state index contributed by atoms with van der Waals surface area (Å²) in [6.45, 7) is 8.28. The summed E-state index contributed by atoms with van der Waals surface area (Å²) >= 11 is 0. The van der Waals surface area contributed by atoms with Gasteiger partial charge in [0.05, 0.1) is 12.4 Å². The van der Waals surface area contributed by atoms with E-state index in [1.54, 1.807) is 10.9 Å². The van der Waals surface area contributed by atoms with E-state index in [0.717, 1.165) is 18.8 Å². The van der Waals surface area contributed by atoms with Crippen LogP contribution in [-0.2, 0) is 7.05 Å². The third-order valence-corrected chi connectivity index (χ3v) is 2.31. The number of nitrogens with one attached hydrogen (secondary N) is 1. The third kappa shape index (κ3) is 3.91. The number of likely N-dealkylation sites (N-methyl/N-ethyl adjacent to an activating group) is 1. The predicted molar refractivity (Wildman–Crippen MR) is 61.0 cm³/mol. The highest BCUT2D eigenvalue weighted by molar-refractivity contribution is 5.12. The molecule has 1 aromatic heterocycles. The van der Waals surface area contributed by atoms with E-state index < -0.39 is 0 Å². The van der Waals surface area contributed by atoms with Crippen molar-refractivity contribution in [2.45, 2.75) is 26.9 Å². The smallest absolute Gasteiger partial charge is 0.157 e. The Morgan fingerprint density at radius 1 is 1.53 bits per heavy atom.